The molecule has 1 aliphatic heterocycles. The summed E-state index contributed by atoms with van der Waals surface area (Å²) in [4.78, 5) is 25.7. The Hall–Kier alpha value is -2.84. The van der Waals surface area contributed by atoms with Gasteiger partial charge in [-0.3, -0.25) is 9.69 Å². The van der Waals surface area contributed by atoms with Crippen LogP contribution in [0.4, 0.5) is 5.69 Å². The normalized spacial score (nSPS) is 15.3. The first-order valence-electron chi connectivity index (χ1n) is 8.48. The Morgan fingerprint density at radius 1 is 1.25 bits per heavy atom. The number of thioether (sulfide) groups is 1. The zero-order valence-electron chi connectivity index (χ0n) is 14.9. The molecule has 0 spiro atoms. The first-order chi connectivity index (χ1) is 13.4. The molecule has 2 aromatic rings. The predicted octanol–water partition coefficient (Wildman–Crippen LogP) is 4.29. The van der Waals surface area contributed by atoms with Crippen LogP contribution >= 0.6 is 24.0 Å². The van der Waals surface area contributed by atoms with E-state index in [0.717, 1.165) is 29.5 Å². The van der Waals surface area contributed by atoms with Gasteiger partial charge in [-0.1, -0.05) is 43.0 Å². The first kappa shape index (κ1) is 19.9. The maximum Gasteiger partial charge on any atom is 0.339 e. The number of phenols is 1. The number of amides is 1. The minimum atomic E-state index is -1.29. The van der Waals surface area contributed by atoms with Gasteiger partial charge in [-0.25, -0.2) is 4.79 Å². The van der Waals surface area contributed by atoms with Gasteiger partial charge >= 0.3 is 5.97 Å². The number of hydrogen-bond acceptors (Lipinski definition) is 6. The molecular formula is C20H17NO5S2. The molecule has 28 heavy (non-hydrogen) atoms. The number of aromatic hydroxyl groups is 1. The maximum atomic E-state index is 12.8. The summed E-state index contributed by atoms with van der Waals surface area (Å²) < 4.78 is 5.84. The number of carbonyl (C=O) groups excluding carboxylic acids is 1. The van der Waals surface area contributed by atoms with Crippen LogP contribution in [0, 0.1) is 0 Å². The number of thiocarbonyl (C=S) groups is 1. The van der Waals surface area contributed by atoms with E-state index in [0.29, 0.717) is 21.5 Å². The molecule has 6 nitrogen and oxygen atoms in total. The van der Waals surface area contributed by atoms with Crippen molar-refractivity contribution >= 4 is 51.9 Å². The molecule has 1 amide bonds. The fraction of sp³-hybridized carbons (Fsp3) is 0.150. The zero-order valence-corrected chi connectivity index (χ0v) is 16.5. The molecule has 144 valence electrons. The van der Waals surface area contributed by atoms with E-state index in [1.54, 1.807) is 6.08 Å². The van der Waals surface area contributed by atoms with E-state index >= 15 is 0 Å². The summed E-state index contributed by atoms with van der Waals surface area (Å²) in [5.74, 6) is -1.24. The lowest BCUT2D eigenvalue weighted by Crippen LogP contribution is -2.27. The number of nitrogens with zero attached hydrogens (tertiary/aromatic N) is 1. The van der Waals surface area contributed by atoms with Crippen molar-refractivity contribution in [3.63, 3.8) is 0 Å². The molecule has 0 radical (unpaired) electrons. The summed E-state index contributed by atoms with van der Waals surface area (Å²) >= 11 is 6.44. The number of ether oxygens (including phenoxy) is 1. The smallest absolute Gasteiger partial charge is 0.339 e. The zero-order chi connectivity index (χ0) is 20.3. The quantitative estimate of drug-likeness (QED) is 0.538. The highest BCUT2D eigenvalue weighted by Gasteiger charge is 2.33. The molecule has 3 rings (SSSR count). The Bertz CT molecular complexity index is 969. The van der Waals surface area contributed by atoms with Crippen LogP contribution in [0.25, 0.3) is 6.08 Å². The highest BCUT2D eigenvalue weighted by Crippen LogP contribution is 2.37. The van der Waals surface area contributed by atoms with Gasteiger partial charge in [-0.15, -0.1) is 0 Å². The van der Waals surface area contributed by atoms with Gasteiger partial charge in [0.1, 0.15) is 17.1 Å². The standard InChI is InChI=1S/C20H17NO5S2/c1-2-9-26-14-6-3-12(4-7-14)10-17-18(23)21(20(27)28-17)13-5-8-16(22)15(11-13)19(24)25/h3-8,10-11,22H,2,9H2,1H3,(H,24,25)/b17-10-. The predicted molar refractivity (Wildman–Crippen MR) is 113 cm³/mol. The molecule has 8 heteroatoms. The monoisotopic (exact) mass is 415 g/mol. The van der Waals surface area contributed by atoms with Crippen molar-refractivity contribution in [3.05, 3.63) is 58.5 Å². The molecule has 1 saturated heterocycles. The number of carboxylic acid groups (broad SMARTS) is 1. The van der Waals surface area contributed by atoms with Gasteiger partial charge in [0, 0.05) is 0 Å². The van der Waals surface area contributed by atoms with Crippen molar-refractivity contribution in [1.82, 2.24) is 0 Å². The fourth-order valence-electron chi connectivity index (χ4n) is 2.56. The van der Waals surface area contributed by atoms with Gasteiger partial charge in [0.05, 0.1) is 17.2 Å². The fourth-order valence-corrected chi connectivity index (χ4v) is 3.86. The molecule has 1 heterocycles. The van der Waals surface area contributed by atoms with Crippen molar-refractivity contribution in [2.45, 2.75) is 13.3 Å². The van der Waals surface area contributed by atoms with Crippen LogP contribution in [0.1, 0.15) is 29.3 Å². The number of carbonyl (C=O) groups is 2. The van der Waals surface area contributed by atoms with Crippen LogP contribution in [0.5, 0.6) is 11.5 Å². The van der Waals surface area contributed by atoms with Crippen LogP contribution in [-0.2, 0) is 4.79 Å². The SMILES string of the molecule is CCCOc1ccc(/C=C2\SC(=S)N(c3ccc(O)c(C(=O)O)c3)C2=O)cc1. The lowest BCUT2D eigenvalue weighted by Gasteiger charge is -2.15. The van der Waals surface area contributed by atoms with Gasteiger partial charge < -0.3 is 14.9 Å². The first-order valence-corrected chi connectivity index (χ1v) is 9.70. The Morgan fingerprint density at radius 3 is 2.61 bits per heavy atom. The summed E-state index contributed by atoms with van der Waals surface area (Å²) in [7, 11) is 0. The molecule has 0 bridgehead atoms. The lowest BCUT2D eigenvalue weighted by molar-refractivity contribution is -0.113. The highest BCUT2D eigenvalue weighted by atomic mass is 32.2. The van der Waals surface area contributed by atoms with E-state index in [-0.39, 0.29) is 17.2 Å². The molecule has 0 atom stereocenters. The Balaban J connectivity index is 1.84. The van der Waals surface area contributed by atoms with E-state index < -0.39 is 5.97 Å². The number of aromatic carboxylic acids is 1. The molecule has 0 aliphatic carbocycles. The lowest BCUT2D eigenvalue weighted by atomic mass is 10.1. The van der Waals surface area contributed by atoms with Crippen molar-refractivity contribution in [2.75, 3.05) is 11.5 Å². The second kappa shape index (κ2) is 8.45. The van der Waals surface area contributed by atoms with Crippen LogP contribution in [0.3, 0.4) is 0 Å². The molecule has 1 fully saturated rings. The van der Waals surface area contributed by atoms with Gasteiger partial charge in [-0.2, -0.15) is 0 Å². The van der Waals surface area contributed by atoms with Crippen molar-refractivity contribution in [1.29, 1.82) is 0 Å². The summed E-state index contributed by atoms with van der Waals surface area (Å²) in [5, 5.41) is 18.8. The minimum Gasteiger partial charge on any atom is -0.507 e. The second-order valence-corrected chi connectivity index (χ2v) is 7.62. The Labute approximate surface area is 171 Å². The number of carboxylic acids is 1. The summed E-state index contributed by atoms with van der Waals surface area (Å²) in [6.07, 6.45) is 2.65. The van der Waals surface area contributed by atoms with E-state index in [9.17, 15) is 14.7 Å². The largest absolute Gasteiger partial charge is 0.507 e. The number of rotatable bonds is 6. The van der Waals surface area contributed by atoms with Gasteiger partial charge in [-0.05, 0) is 48.4 Å². The molecule has 0 unspecified atom stereocenters. The second-order valence-electron chi connectivity index (χ2n) is 5.94. The summed E-state index contributed by atoms with van der Waals surface area (Å²) in [5.41, 5.74) is 0.823. The number of hydrogen-bond donors (Lipinski definition) is 2. The third-order valence-corrected chi connectivity index (χ3v) is 5.22. The molecular weight excluding hydrogens is 398 g/mol. The third kappa shape index (κ3) is 4.18. The Morgan fingerprint density at radius 2 is 1.96 bits per heavy atom. The Kier molecular flexibility index (Phi) is 6.01. The molecule has 2 N–H and O–H groups in total. The topological polar surface area (TPSA) is 87.1 Å². The van der Waals surface area contributed by atoms with Crippen LogP contribution in [0.2, 0.25) is 0 Å². The average molecular weight is 415 g/mol. The van der Waals surface area contributed by atoms with E-state index in [1.807, 2.05) is 31.2 Å². The highest BCUT2D eigenvalue weighted by molar-refractivity contribution is 8.27. The van der Waals surface area contributed by atoms with Crippen LogP contribution < -0.4 is 9.64 Å². The summed E-state index contributed by atoms with van der Waals surface area (Å²) in [6, 6.07) is 11.3. The van der Waals surface area contributed by atoms with E-state index in [4.69, 9.17) is 22.1 Å². The molecule has 0 aromatic heterocycles. The molecule has 0 saturated carbocycles. The van der Waals surface area contributed by atoms with Crippen LogP contribution in [0.15, 0.2) is 47.4 Å². The third-order valence-electron chi connectivity index (χ3n) is 3.91. The summed E-state index contributed by atoms with van der Waals surface area (Å²) in [6.45, 7) is 2.67. The molecule has 2 aromatic carbocycles. The van der Waals surface area contributed by atoms with Crippen molar-refractivity contribution < 1.29 is 24.5 Å². The van der Waals surface area contributed by atoms with E-state index in [2.05, 4.69) is 0 Å². The number of benzene rings is 2. The van der Waals surface area contributed by atoms with Crippen LogP contribution in [-0.4, -0.2) is 33.0 Å². The van der Waals surface area contributed by atoms with Gasteiger partial charge in [0.2, 0.25) is 0 Å². The van der Waals surface area contributed by atoms with Crippen molar-refractivity contribution in [2.24, 2.45) is 0 Å². The van der Waals surface area contributed by atoms with E-state index in [1.165, 1.54) is 23.1 Å². The van der Waals surface area contributed by atoms with Crippen molar-refractivity contribution in [3.8, 4) is 11.5 Å². The molecule has 1 aliphatic rings. The van der Waals surface area contributed by atoms with Gasteiger partial charge in [0.15, 0.2) is 4.32 Å². The average Bonchev–Trinajstić information content (AvgIpc) is 2.95. The number of anilines is 1. The van der Waals surface area contributed by atoms with Gasteiger partial charge in [0.25, 0.3) is 5.91 Å². The minimum absolute atomic E-state index is 0.293. The maximum absolute atomic E-state index is 12.8.